The van der Waals surface area contributed by atoms with Crippen molar-refractivity contribution >= 4 is 5.91 Å². The van der Waals surface area contributed by atoms with Crippen LogP contribution >= 0.6 is 0 Å². The van der Waals surface area contributed by atoms with E-state index in [1.807, 2.05) is 24.3 Å². The summed E-state index contributed by atoms with van der Waals surface area (Å²) < 4.78 is 0. The topological polar surface area (TPSA) is 57.8 Å². The smallest absolute Gasteiger partial charge is 0.226 e. The maximum absolute atomic E-state index is 12.2. The molecule has 0 bridgehead atoms. The Bertz CT molecular complexity index is 561. The zero-order valence-corrected chi connectivity index (χ0v) is 12.1. The van der Waals surface area contributed by atoms with Crippen molar-refractivity contribution < 1.29 is 4.79 Å². The predicted molar refractivity (Wildman–Crippen MR) is 81.6 cm³/mol. The lowest BCUT2D eigenvalue weighted by Gasteiger charge is -2.30. The molecular formula is C17H21N3O. The van der Waals surface area contributed by atoms with Crippen LogP contribution in [0.1, 0.15) is 43.0 Å². The Morgan fingerprint density at radius 3 is 2.71 bits per heavy atom. The number of carbonyl (C=O) groups is 1. The quantitative estimate of drug-likeness (QED) is 0.856. The minimum absolute atomic E-state index is 0.0485. The predicted octanol–water partition coefficient (Wildman–Crippen LogP) is 3.00. The van der Waals surface area contributed by atoms with Gasteiger partial charge < -0.3 is 5.32 Å². The standard InChI is InChI=1S/C17H21N3O/c21-17(12-15-9-10-18-20-15)19-16(11-13-5-4-6-13)14-7-2-1-3-8-14/h1-3,7-10,13,16H,4-6,11-12H2,(H,18,20)(H,19,21). The number of nitrogens with one attached hydrogen (secondary N) is 2. The van der Waals surface area contributed by atoms with Gasteiger partial charge in [-0.3, -0.25) is 9.89 Å². The summed E-state index contributed by atoms with van der Waals surface area (Å²) in [6, 6.07) is 12.2. The molecule has 1 aromatic heterocycles. The fraction of sp³-hybridized carbons (Fsp3) is 0.412. The highest BCUT2D eigenvalue weighted by atomic mass is 16.1. The molecule has 0 saturated heterocycles. The van der Waals surface area contributed by atoms with Gasteiger partial charge >= 0.3 is 0 Å². The average Bonchev–Trinajstić information content (AvgIpc) is 2.95. The van der Waals surface area contributed by atoms with Crippen LogP contribution in [0.25, 0.3) is 0 Å². The van der Waals surface area contributed by atoms with Crippen LogP contribution in [0.15, 0.2) is 42.6 Å². The van der Waals surface area contributed by atoms with Crippen LogP contribution in [0.2, 0.25) is 0 Å². The van der Waals surface area contributed by atoms with Gasteiger partial charge in [-0.2, -0.15) is 5.10 Å². The summed E-state index contributed by atoms with van der Waals surface area (Å²) in [7, 11) is 0. The van der Waals surface area contributed by atoms with Crippen LogP contribution < -0.4 is 5.32 Å². The first-order chi connectivity index (χ1) is 10.3. The summed E-state index contributed by atoms with van der Waals surface area (Å²) >= 11 is 0. The fourth-order valence-corrected chi connectivity index (χ4v) is 2.83. The number of hydrogen-bond acceptors (Lipinski definition) is 2. The van der Waals surface area contributed by atoms with E-state index in [-0.39, 0.29) is 11.9 Å². The number of aromatic amines is 1. The SMILES string of the molecule is O=C(Cc1ccn[nH]1)NC(CC1CCC1)c1ccccc1. The summed E-state index contributed by atoms with van der Waals surface area (Å²) in [6.45, 7) is 0. The number of aromatic nitrogens is 2. The second-order valence-corrected chi connectivity index (χ2v) is 5.82. The van der Waals surface area contributed by atoms with E-state index >= 15 is 0 Å². The van der Waals surface area contributed by atoms with Crippen molar-refractivity contribution in [1.82, 2.24) is 15.5 Å². The van der Waals surface area contributed by atoms with Crippen molar-refractivity contribution in [3.8, 4) is 0 Å². The van der Waals surface area contributed by atoms with Gasteiger partial charge in [0, 0.05) is 11.9 Å². The molecule has 110 valence electrons. The van der Waals surface area contributed by atoms with E-state index in [4.69, 9.17) is 0 Å². The van der Waals surface area contributed by atoms with Gasteiger partial charge in [0.1, 0.15) is 0 Å². The first-order valence-electron chi connectivity index (χ1n) is 7.64. The van der Waals surface area contributed by atoms with Crippen molar-refractivity contribution in [2.24, 2.45) is 5.92 Å². The van der Waals surface area contributed by atoms with Crippen molar-refractivity contribution in [2.45, 2.75) is 38.1 Å². The largest absolute Gasteiger partial charge is 0.349 e. The van der Waals surface area contributed by atoms with Gasteiger partial charge in [-0.05, 0) is 24.0 Å². The highest BCUT2D eigenvalue weighted by Gasteiger charge is 2.24. The molecule has 1 unspecified atom stereocenters. The molecule has 0 aliphatic heterocycles. The van der Waals surface area contributed by atoms with E-state index in [1.165, 1.54) is 24.8 Å². The molecule has 3 rings (SSSR count). The van der Waals surface area contributed by atoms with E-state index < -0.39 is 0 Å². The van der Waals surface area contributed by atoms with E-state index in [1.54, 1.807) is 6.20 Å². The van der Waals surface area contributed by atoms with Gasteiger partial charge in [0.2, 0.25) is 5.91 Å². The minimum Gasteiger partial charge on any atom is -0.349 e. The van der Waals surface area contributed by atoms with Crippen molar-refractivity contribution in [3.05, 3.63) is 53.9 Å². The van der Waals surface area contributed by atoms with Crippen LogP contribution in [0.5, 0.6) is 0 Å². The molecule has 2 aromatic rings. The second-order valence-electron chi connectivity index (χ2n) is 5.82. The Morgan fingerprint density at radius 2 is 2.10 bits per heavy atom. The third-order valence-corrected chi connectivity index (χ3v) is 4.24. The Balaban J connectivity index is 1.65. The van der Waals surface area contributed by atoms with E-state index in [0.29, 0.717) is 6.42 Å². The molecule has 1 amide bonds. The highest BCUT2D eigenvalue weighted by molar-refractivity contribution is 5.78. The maximum Gasteiger partial charge on any atom is 0.226 e. The van der Waals surface area contributed by atoms with E-state index in [0.717, 1.165) is 18.0 Å². The molecule has 4 heteroatoms. The molecule has 0 radical (unpaired) electrons. The molecule has 1 atom stereocenters. The summed E-state index contributed by atoms with van der Waals surface area (Å²) in [5.41, 5.74) is 2.05. The first kappa shape index (κ1) is 13.9. The Morgan fingerprint density at radius 1 is 1.29 bits per heavy atom. The lowest BCUT2D eigenvalue weighted by atomic mass is 9.79. The van der Waals surface area contributed by atoms with Crippen molar-refractivity contribution in [3.63, 3.8) is 0 Å². The van der Waals surface area contributed by atoms with Gasteiger partial charge in [-0.1, -0.05) is 49.6 Å². The van der Waals surface area contributed by atoms with Crippen molar-refractivity contribution in [1.29, 1.82) is 0 Å². The van der Waals surface area contributed by atoms with Crippen LogP contribution in [-0.2, 0) is 11.2 Å². The summed E-state index contributed by atoms with van der Waals surface area (Å²) in [4.78, 5) is 12.2. The van der Waals surface area contributed by atoms with Crippen LogP contribution in [-0.4, -0.2) is 16.1 Å². The Kier molecular flexibility index (Phi) is 4.34. The van der Waals surface area contributed by atoms with Crippen LogP contribution in [0.4, 0.5) is 0 Å². The summed E-state index contributed by atoms with van der Waals surface area (Å²) in [6.07, 6.45) is 6.98. The Hall–Kier alpha value is -2.10. The molecule has 4 nitrogen and oxygen atoms in total. The number of hydrogen-bond donors (Lipinski definition) is 2. The molecule has 1 aliphatic rings. The number of nitrogens with zero attached hydrogens (tertiary/aromatic N) is 1. The summed E-state index contributed by atoms with van der Waals surface area (Å²) in [5, 5.41) is 9.90. The molecule has 0 spiro atoms. The number of H-pyrrole nitrogens is 1. The third kappa shape index (κ3) is 3.72. The number of amides is 1. The van der Waals surface area contributed by atoms with Gasteiger partial charge in [0.05, 0.1) is 12.5 Å². The molecular weight excluding hydrogens is 262 g/mol. The molecule has 1 heterocycles. The van der Waals surface area contributed by atoms with Gasteiger partial charge in [0.15, 0.2) is 0 Å². The monoisotopic (exact) mass is 283 g/mol. The Labute approximate surface area is 125 Å². The zero-order chi connectivity index (χ0) is 14.5. The molecule has 2 N–H and O–H groups in total. The fourth-order valence-electron chi connectivity index (χ4n) is 2.83. The zero-order valence-electron chi connectivity index (χ0n) is 12.1. The van der Waals surface area contributed by atoms with Gasteiger partial charge in [-0.25, -0.2) is 0 Å². The maximum atomic E-state index is 12.2. The minimum atomic E-state index is 0.0485. The molecule has 1 fully saturated rings. The summed E-state index contributed by atoms with van der Waals surface area (Å²) in [5.74, 6) is 0.801. The van der Waals surface area contributed by atoms with Gasteiger partial charge in [-0.15, -0.1) is 0 Å². The van der Waals surface area contributed by atoms with E-state index in [2.05, 4.69) is 27.6 Å². The molecule has 1 saturated carbocycles. The normalized spacial score (nSPS) is 16.2. The highest BCUT2D eigenvalue weighted by Crippen LogP contribution is 2.34. The van der Waals surface area contributed by atoms with E-state index in [9.17, 15) is 4.79 Å². The van der Waals surface area contributed by atoms with Gasteiger partial charge in [0.25, 0.3) is 0 Å². The molecule has 1 aliphatic carbocycles. The average molecular weight is 283 g/mol. The number of carbonyl (C=O) groups excluding carboxylic acids is 1. The lowest BCUT2D eigenvalue weighted by Crippen LogP contribution is -2.32. The lowest BCUT2D eigenvalue weighted by molar-refractivity contribution is -0.121. The molecule has 21 heavy (non-hydrogen) atoms. The third-order valence-electron chi connectivity index (χ3n) is 4.24. The number of rotatable bonds is 6. The van der Waals surface area contributed by atoms with Crippen molar-refractivity contribution in [2.75, 3.05) is 0 Å². The first-order valence-corrected chi connectivity index (χ1v) is 7.64. The van der Waals surface area contributed by atoms with Crippen LogP contribution in [0.3, 0.4) is 0 Å². The molecule has 1 aromatic carbocycles. The van der Waals surface area contributed by atoms with Crippen LogP contribution in [0, 0.1) is 5.92 Å². The second kappa shape index (κ2) is 6.57. The number of benzene rings is 1.